The number of anilines is 1. The number of carbonyl (C=O) groups is 2. The quantitative estimate of drug-likeness (QED) is 0.165. The minimum absolute atomic E-state index is 0.0147. The molecule has 52 heavy (non-hydrogen) atoms. The number of hydrogen-bond donors (Lipinski definition) is 3. The van der Waals surface area contributed by atoms with E-state index in [-0.39, 0.29) is 31.1 Å². The standard InChI is InChI=1S/C38H43N9O4S/c1-25(2)51-33-11-8-29(21-39-33)35-31-20-30(9-10-32(31)42-43-35)41-37(50)38(52-3)14-17-45(23-38)22-34(49)46-15-12-27(13-16-46)26-4-6-28(7-5-26)36-40-24-47(44-36)18-19-48/h4-12,20-21,24-25,48H,13-19,22-23H2,1-3H3,(H,41,50)(H,42,43)/t38-/m0/s1. The average molecular weight is 722 g/mol. The molecule has 0 radical (unpaired) electrons. The molecule has 0 spiro atoms. The Kier molecular flexibility index (Phi) is 10.4. The fraction of sp³-hybridized carbons (Fsp3) is 0.368. The number of H-pyrrole nitrogens is 1. The number of nitrogens with one attached hydrogen (secondary N) is 2. The lowest BCUT2D eigenvalue weighted by atomic mass is 9.98. The summed E-state index contributed by atoms with van der Waals surface area (Å²) in [5.41, 5.74) is 6.37. The van der Waals surface area contributed by atoms with Crippen molar-refractivity contribution < 1.29 is 19.4 Å². The lowest BCUT2D eigenvalue weighted by Crippen LogP contribution is -2.45. The van der Waals surface area contributed by atoms with E-state index in [1.165, 1.54) is 17.3 Å². The highest BCUT2D eigenvalue weighted by Crippen LogP contribution is 2.36. The maximum Gasteiger partial charge on any atom is 0.241 e. The molecule has 2 aromatic carbocycles. The molecule has 0 aliphatic carbocycles. The third-order valence-electron chi connectivity index (χ3n) is 9.60. The highest BCUT2D eigenvalue weighted by molar-refractivity contribution is 8.00. The zero-order valence-electron chi connectivity index (χ0n) is 29.6. The monoisotopic (exact) mass is 721 g/mol. The number of hydrogen-bond acceptors (Lipinski definition) is 10. The molecule has 0 unspecified atom stereocenters. The lowest BCUT2D eigenvalue weighted by molar-refractivity contribution is -0.132. The number of rotatable bonds is 12. The molecule has 1 atom stereocenters. The van der Waals surface area contributed by atoms with Crippen LogP contribution in [0.15, 0.2) is 73.2 Å². The van der Waals surface area contributed by atoms with Gasteiger partial charge in [-0.3, -0.25) is 24.3 Å². The number of aliphatic hydroxyl groups excluding tert-OH is 1. The second-order valence-electron chi connectivity index (χ2n) is 13.4. The van der Waals surface area contributed by atoms with E-state index < -0.39 is 4.75 Å². The number of amides is 2. The van der Waals surface area contributed by atoms with Gasteiger partial charge in [-0.2, -0.15) is 10.2 Å². The summed E-state index contributed by atoms with van der Waals surface area (Å²) < 4.78 is 6.64. The summed E-state index contributed by atoms with van der Waals surface area (Å²) in [6.07, 6.45) is 8.91. The van der Waals surface area contributed by atoms with E-state index in [1.807, 2.05) is 67.5 Å². The Labute approximate surface area is 306 Å². The first kappa shape index (κ1) is 35.4. The van der Waals surface area contributed by atoms with Crippen molar-refractivity contribution in [3.63, 3.8) is 0 Å². The van der Waals surface area contributed by atoms with Crippen LogP contribution in [0.25, 0.3) is 39.1 Å². The van der Waals surface area contributed by atoms with Crippen molar-refractivity contribution in [1.29, 1.82) is 0 Å². The van der Waals surface area contributed by atoms with Crippen LogP contribution in [0.1, 0.15) is 32.3 Å². The van der Waals surface area contributed by atoms with Crippen LogP contribution in [0.3, 0.4) is 0 Å². The SMILES string of the molecule is CS[C@@]1(C(=O)Nc2ccc3[nH]nc(-c4ccc(OC(C)C)nc4)c3c2)CCN(CC(=O)N2CC=C(c3ccc(-c4ncn(CCO)n4)cc3)CC2)C1. The molecule has 0 saturated carbocycles. The number of aromatic amines is 1. The molecular weight excluding hydrogens is 679 g/mol. The number of pyridine rings is 1. The van der Waals surface area contributed by atoms with Crippen LogP contribution in [0.2, 0.25) is 0 Å². The predicted octanol–water partition coefficient (Wildman–Crippen LogP) is 4.72. The van der Waals surface area contributed by atoms with Gasteiger partial charge in [0.2, 0.25) is 17.7 Å². The number of nitrogens with zero attached hydrogens (tertiary/aromatic N) is 7. The van der Waals surface area contributed by atoms with Crippen LogP contribution < -0.4 is 10.1 Å². The number of likely N-dealkylation sites (tertiary alicyclic amines) is 1. The van der Waals surface area contributed by atoms with E-state index in [4.69, 9.17) is 9.84 Å². The van der Waals surface area contributed by atoms with Crippen molar-refractivity contribution in [2.75, 3.05) is 50.9 Å². The van der Waals surface area contributed by atoms with Gasteiger partial charge in [0.15, 0.2) is 5.82 Å². The van der Waals surface area contributed by atoms with E-state index in [2.05, 4.69) is 53.7 Å². The lowest BCUT2D eigenvalue weighted by Gasteiger charge is -2.29. The number of carbonyl (C=O) groups excluding carboxylic acids is 2. The van der Waals surface area contributed by atoms with Crippen LogP contribution in [-0.2, 0) is 16.1 Å². The minimum atomic E-state index is -0.668. The number of aliphatic hydroxyl groups is 1. The van der Waals surface area contributed by atoms with E-state index in [0.29, 0.717) is 56.5 Å². The fourth-order valence-corrected chi connectivity index (χ4v) is 7.59. The van der Waals surface area contributed by atoms with Crippen molar-refractivity contribution in [1.82, 2.24) is 39.7 Å². The summed E-state index contributed by atoms with van der Waals surface area (Å²) in [5.74, 6) is 1.18. The Morgan fingerprint density at radius 3 is 2.58 bits per heavy atom. The van der Waals surface area contributed by atoms with E-state index in [9.17, 15) is 9.59 Å². The number of benzene rings is 2. The zero-order chi connectivity index (χ0) is 36.2. The molecule has 1 saturated heterocycles. The first-order chi connectivity index (χ1) is 25.2. The van der Waals surface area contributed by atoms with Gasteiger partial charge in [-0.25, -0.2) is 9.97 Å². The Morgan fingerprint density at radius 2 is 1.87 bits per heavy atom. The van der Waals surface area contributed by atoms with Crippen LogP contribution >= 0.6 is 11.8 Å². The third kappa shape index (κ3) is 7.59. The molecule has 7 rings (SSSR count). The molecule has 5 aromatic rings. The second-order valence-corrected chi connectivity index (χ2v) is 14.6. The van der Waals surface area contributed by atoms with Gasteiger partial charge in [-0.05, 0) is 68.3 Å². The molecule has 0 bridgehead atoms. The summed E-state index contributed by atoms with van der Waals surface area (Å²) in [7, 11) is 0. The molecule has 2 amide bonds. The molecule has 3 aromatic heterocycles. The summed E-state index contributed by atoms with van der Waals surface area (Å²) in [5, 5.41) is 25.2. The van der Waals surface area contributed by atoms with Gasteiger partial charge < -0.3 is 20.1 Å². The van der Waals surface area contributed by atoms with Crippen molar-refractivity contribution in [2.45, 2.75) is 44.1 Å². The summed E-state index contributed by atoms with van der Waals surface area (Å²) in [6, 6.07) is 17.6. The molecule has 13 nitrogen and oxygen atoms in total. The molecule has 3 N–H and O–H groups in total. The highest BCUT2D eigenvalue weighted by atomic mass is 32.2. The van der Waals surface area contributed by atoms with Crippen LogP contribution in [0.4, 0.5) is 5.69 Å². The summed E-state index contributed by atoms with van der Waals surface area (Å²) >= 11 is 1.54. The molecule has 2 aliphatic heterocycles. The smallest absolute Gasteiger partial charge is 0.241 e. The van der Waals surface area contributed by atoms with Gasteiger partial charge in [0.1, 0.15) is 16.8 Å². The van der Waals surface area contributed by atoms with Crippen molar-refractivity contribution in [3.8, 4) is 28.5 Å². The van der Waals surface area contributed by atoms with Gasteiger partial charge in [-0.1, -0.05) is 30.3 Å². The zero-order valence-corrected chi connectivity index (χ0v) is 30.4. The van der Waals surface area contributed by atoms with Crippen LogP contribution in [-0.4, -0.2) is 113 Å². The number of fused-ring (bicyclic) bond motifs is 1. The van der Waals surface area contributed by atoms with Crippen LogP contribution in [0.5, 0.6) is 5.88 Å². The van der Waals surface area contributed by atoms with Crippen molar-refractivity contribution in [3.05, 3.63) is 78.8 Å². The van der Waals surface area contributed by atoms with Crippen LogP contribution in [0, 0.1) is 0 Å². The molecule has 270 valence electrons. The Morgan fingerprint density at radius 1 is 1.06 bits per heavy atom. The molecular formula is C38H43N9O4S. The number of ether oxygens (including phenoxy) is 1. The Balaban J connectivity index is 0.943. The summed E-state index contributed by atoms with van der Waals surface area (Å²) in [6.45, 7) is 6.99. The van der Waals surface area contributed by atoms with Gasteiger partial charge in [-0.15, -0.1) is 11.8 Å². The molecule has 14 heteroatoms. The van der Waals surface area contributed by atoms with E-state index in [0.717, 1.165) is 39.7 Å². The molecule has 1 fully saturated rings. The fourth-order valence-electron chi connectivity index (χ4n) is 6.75. The first-order valence-electron chi connectivity index (χ1n) is 17.5. The Bertz CT molecular complexity index is 2080. The second kappa shape index (κ2) is 15.3. The maximum atomic E-state index is 13.8. The maximum absolute atomic E-state index is 13.8. The molecule has 5 heterocycles. The average Bonchev–Trinajstić information content (AvgIpc) is 3.91. The number of aromatic nitrogens is 6. The topological polar surface area (TPSA) is 154 Å². The van der Waals surface area contributed by atoms with Gasteiger partial charge in [0.25, 0.3) is 0 Å². The van der Waals surface area contributed by atoms with E-state index >= 15 is 0 Å². The third-order valence-corrected chi connectivity index (χ3v) is 10.9. The number of thioether (sulfide) groups is 1. The van der Waals surface area contributed by atoms with Crippen molar-refractivity contribution >= 4 is 45.7 Å². The summed E-state index contributed by atoms with van der Waals surface area (Å²) in [4.78, 5) is 40.0. The van der Waals surface area contributed by atoms with Gasteiger partial charge in [0.05, 0.1) is 31.3 Å². The Hall–Kier alpha value is -5.05. The predicted molar refractivity (Wildman–Crippen MR) is 203 cm³/mol. The van der Waals surface area contributed by atoms with Crippen molar-refractivity contribution in [2.24, 2.45) is 0 Å². The molecule has 2 aliphatic rings. The minimum Gasteiger partial charge on any atom is -0.475 e. The first-order valence-corrected chi connectivity index (χ1v) is 18.7. The van der Waals surface area contributed by atoms with Gasteiger partial charge >= 0.3 is 0 Å². The largest absolute Gasteiger partial charge is 0.475 e. The normalized spacial score (nSPS) is 17.9. The van der Waals surface area contributed by atoms with E-state index in [1.54, 1.807) is 17.2 Å². The van der Waals surface area contributed by atoms with Gasteiger partial charge in [0, 0.05) is 60.6 Å². The highest BCUT2D eigenvalue weighted by Gasteiger charge is 2.44.